The van der Waals surface area contributed by atoms with Gasteiger partial charge in [0.1, 0.15) is 0 Å². The molecule has 5 N–H and O–H groups in total. The number of esters is 1. The van der Waals surface area contributed by atoms with Crippen LogP contribution in [0, 0.1) is 5.92 Å². The van der Waals surface area contributed by atoms with Crippen molar-refractivity contribution in [3.05, 3.63) is 29.8 Å². The van der Waals surface area contributed by atoms with E-state index >= 15 is 0 Å². The van der Waals surface area contributed by atoms with Crippen LogP contribution in [0.25, 0.3) is 0 Å². The molecule has 0 unspecified atom stereocenters. The molecule has 0 radical (unpaired) electrons. The number of halogens is 2. The van der Waals surface area contributed by atoms with Gasteiger partial charge in [-0.2, -0.15) is 0 Å². The van der Waals surface area contributed by atoms with Crippen LogP contribution >= 0.6 is 38.4 Å². The van der Waals surface area contributed by atoms with Gasteiger partial charge in [-0.05, 0) is 55.7 Å². The topological polar surface area (TPSA) is 185 Å². The number of likely N-dealkylation sites (tertiary alicyclic amines) is 1. The summed E-state index contributed by atoms with van der Waals surface area (Å²) in [4.78, 5) is 65.2. The maximum Gasteiger partial charge on any atom is 0.369 e. The number of aryl methyl sites for hydroxylation is 1. The Labute approximate surface area is 243 Å². The number of benzene rings is 1. The van der Waals surface area contributed by atoms with E-state index in [9.17, 15) is 43.4 Å². The number of alkyl halides is 2. The Morgan fingerprint density at radius 1 is 1.00 bits per heavy atom. The Morgan fingerprint density at radius 2 is 1.55 bits per heavy atom. The quantitative estimate of drug-likeness (QED) is 0.101. The maximum absolute atomic E-state index is 12.4. The number of piperidine rings is 1. The van der Waals surface area contributed by atoms with Crippen molar-refractivity contribution in [3.8, 4) is 0 Å². The highest BCUT2D eigenvalue weighted by Crippen LogP contribution is 2.69. The Hall–Kier alpha value is -1.20. The Kier molecular flexibility index (Phi) is 13.9. The molecule has 0 bridgehead atoms. The van der Waals surface area contributed by atoms with Gasteiger partial charge in [0.25, 0.3) is 11.0 Å². The molecule has 1 aromatic rings. The first-order valence-corrected chi connectivity index (χ1v) is 17.2. The summed E-state index contributed by atoms with van der Waals surface area (Å²) in [6.45, 7) is 1.56. The first-order chi connectivity index (χ1) is 18.7. The molecule has 0 atom stereocenters. The number of hydrogen-bond donors (Lipinski definition) is 5. The van der Waals surface area contributed by atoms with Crippen molar-refractivity contribution in [1.29, 1.82) is 0 Å². The lowest BCUT2D eigenvalue weighted by Gasteiger charge is -2.34. The molecule has 1 aromatic carbocycles. The van der Waals surface area contributed by atoms with Gasteiger partial charge < -0.3 is 39.2 Å². The third kappa shape index (κ3) is 10.3. The number of anilines is 1. The van der Waals surface area contributed by atoms with Crippen molar-refractivity contribution < 1.29 is 48.1 Å². The zero-order valence-electron chi connectivity index (χ0n) is 22.1. The fourth-order valence-electron chi connectivity index (χ4n) is 4.52. The highest BCUT2D eigenvalue weighted by Gasteiger charge is 2.58. The maximum atomic E-state index is 12.4. The van der Waals surface area contributed by atoms with E-state index in [4.69, 9.17) is 27.9 Å². The van der Waals surface area contributed by atoms with Crippen LogP contribution in [-0.2, 0) is 29.9 Å². The first-order valence-electron chi connectivity index (χ1n) is 12.9. The summed E-state index contributed by atoms with van der Waals surface area (Å²) in [5.41, 5.74) is 2.09. The number of rotatable bonds is 16. The Balaban J connectivity index is 1.70. The van der Waals surface area contributed by atoms with E-state index in [0.717, 1.165) is 11.3 Å². The van der Waals surface area contributed by atoms with Crippen LogP contribution in [0.15, 0.2) is 24.3 Å². The van der Waals surface area contributed by atoms with Gasteiger partial charge in [0, 0.05) is 56.5 Å². The minimum atomic E-state index is -5.49. The predicted octanol–water partition coefficient (Wildman–Crippen LogP) is 2.86. The van der Waals surface area contributed by atoms with Crippen LogP contribution in [0.1, 0.15) is 44.1 Å². The van der Waals surface area contributed by atoms with Crippen molar-refractivity contribution in [2.24, 2.45) is 5.92 Å². The predicted molar refractivity (Wildman–Crippen MR) is 152 cm³/mol. The standard InChI is InChI=1S/C24H38Cl2N2O10P2/c25-12-16-27(17-13-26)21-6-4-19(5-7-21)2-1-3-23(30)38-18-22(29)28-14-9-20(10-15-28)8-11-24(31,39(32,33)34)40(35,36)37/h4-7,20,31H,1-3,8-18H2,(H2,32,33,34)(H2,35,36,37). The normalized spacial score (nSPS) is 15.2. The molecule has 1 fully saturated rings. The van der Waals surface area contributed by atoms with E-state index in [1.807, 2.05) is 24.3 Å². The highest BCUT2D eigenvalue weighted by molar-refractivity contribution is 7.72. The van der Waals surface area contributed by atoms with Crippen molar-refractivity contribution in [3.63, 3.8) is 0 Å². The largest absolute Gasteiger partial charge is 0.456 e. The number of nitrogens with zero attached hydrogens (tertiary/aromatic N) is 2. The number of aliphatic hydroxyl groups is 1. The van der Waals surface area contributed by atoms with Gasteiger partial charge >= 0.3 is 21.2 Å². The SMILES string of the molecule is O=C(CCCc1ccc(N(CCCl)CCCl)cc1)OCC(=O)N1CCC(CCC(O)(P(=O)(O)O)P(=O)(O)O)CC1. The second kappa shape index (κ2) is 15.9. The molecule has 1 amide bonds. The summed E-state index contributed by atoms with van der Waals surface area (Å²) in [6, 6.07) is 7.96. The zero-order chi connectivity index (χ0) is 30.0. The number of ether oxygens (including phenoxy) is 1. The van der Waals surface area contributed by atoms with Crippen molar-refractivity contribution in [2.45, 2.75) is 50.0 Å². The van der Waals surface area contributed by atoms with Gasteiger partial charge in [-0.1, -0.05) is 12.1 Å². The summed E-state index contributed by atoms with van der Waals surface area (Å²) in [7, 11) is -11.0. The lowest BCUT2D eigenvalue weighted by molar-refractivity contribution is -0.152. The Morgan fingerprint density at radius 3 is 2.05 bits per heavy atom. The third-order valence-corrected chi connectivity index (χ3v) is 11.2. The van der Waals surface area contributed by atoms with Gasteiger partial charge in [-0.3, -0.25) is 18.7 Å². The lowest BCUT2D eigenvalue weighted by atomic mass is 9.92. The summed E-state index contributed by atoms with van der Waals surface area (Å²) in [6.07, 6.45) is 1.39. The molecular formula is C24H38Cl2N2O10P2. The Bertz CT molecular complexity index is 1030. The minimum absolute atomic E-state index is 0.0362. The van der Waals surface area contributed by atoms with Crippen LogP contribution in [-0.4, -0.2) is 91.1 Å². The number of carbonyl (C=O) groups is 2. The van der Waals surface area contributed by atoms with E-state index < -0.39 is 39.3 Å². The summed E-state index contributed by atoms with van der Waals surface area (Å²) in [5, 5.41) is 6.59. The van der Waals surface area contributed by atoms with Gasteiger partial charge in [-0.15, -0.1) is 23.2 Å². The molecule has 1 heterocycles. The van der Waals surface area contributed by atoms with Crippen LogP contribution < -0.4 is 4.90 Å². The highest BCUT2D eigenvalue weighted by atomic mass is 35.5. The average molecular weight is 647 g/mol. The van der Waals surface area contributed by atoms with Crippen LogP contribution in [0.4, 0.5) is 5.69 Å². The van der Waals surface area contributed by atoms with Gasteiger partial charge in [0.15, 0.2) is 6.61 Å². The van der Waals surface area contributed by atoms with Crippen molar-refractivity contribution in [2.75, 3.05) is 49.4 Å². The second-order valence-corrected chi connectivity index (χ2v) is 14.5. The van der Waals surface area contributed by atoms with Gasteiger partial charge in [-0.25, -0.2) is 0 Å². The molecule has 16 heteroatoms. The van der Waals surface area contributed by atoms with Crippen molar-refractivity contribution >= 4 is 56.0 Å². The molecule has 12 nitrogen and oxygen atoms in total. The smallest absolute Gasteiger partial charge is 0.369 e. The fourth-order valence-corrected chi connectivity index (χ4v) is 7.13. The molecular weight excluding hydrogens is 609 g/mol. The summed E-state index contributed by atoms with van der Waals surface area (Å²) < 4.78 is 28.1. The number of carbonyl (C=O) groups excluding carboxylic acids is 2. The van der Waals surface area contributed by atoms with E-state index in [2.05, 4.69) is 4.90 Å². The van der Waals surface area contributed by atoms with E-state index in [1.165, 1.54) is 4.90 Å². The molecule has 1 aliphatic rings. The lowest BCUT2D eigenvalue weighted by Crippen LogP contribution is -2.41. The molecule has 0 spiro atoms. The zero-order valence-corrected chi connectivity index (χ0v) is 25.4. The second-order valence-electron chi connectivity index (χ2n) is 9.77. The molecule has 1 aliphatic heterocycles. The monoisotopic (exact) mass is 646 g/mol. The van der Waals surface area contributed by atoms with Gasteiger partial charge in [0.2, 0.25) is 0 Å². The van der Waals surface area contributed by atoms with E-state index in [1.54, 1.807) is 0 Å². The number of hydrogen-bond acceptors (Lipinski definition) is 7. The van der Waals surface area contributed by atoms with Gasteiger partial charge in [0.05, 0.1) is 0 Å². The average Bonchev–Trinajstić information content (AvgIpc) is 2.89. The molecule has 0 aromatic heterocycles. The van der Waals surface area contributed by atoms with Crippen molar-refractivity contribution in [1.82, 2.24) is 4.90 Å². The third-order valence-electron chi connectivity index (χ3n) is 7.00. The molecule has 0 saturated carbocycles. The molecule has 228 valence electrons. The summed E-state index contributed by atoms with van der Waals surface area (Å²) in [5.74, 6) is -0.0616. The fraction of sp³-hybridized carbons (Fsp3) is 0.667. The first kappa shape index (κ1) is 35.0. The minimum Gasteiger partial charge on any atom is -0.456 e. The van der Waals surface area contributed by atoms with Crippen LogP contribution in [0.5, 0.6) is 0 Å². The van der Waals surface area contributed by atoms with E-state index in [0.29, 0.717) is 50.5 Å². The molecule has 1 saturated heterocycles. The molecule has 0 aliphatic carbocycles. The molecule has 40 heavy (non-hydrogen) atoms. The van der Waals surface area contributed by atoms with Crippen LogP contribution in [0.2, 0.25) is 0 Å². The van der Waals surface area contributed by atoms with E-state index in [-0.39, 0.29) is 37.8 Å². The summed E-state index contributed by atoms with van der Waals surface area (Å²) >= 11 is 11.7. The number of amides is 1. The van der Waals surface area contributed by atoms with Crippen LogP contribution in [0.3, 0.4) is 0 Å². The molecule has 2 rings (SSSR count).